The number of aromatic nitrogens is 1. The molecule has 25 heavy (non-hydrogen) atoms. The topological polar surface area (TPSA) is 48.5 Å². The Hall–Kier alpha value is -2.40. The second-order valence-electron chi connectivity index (χ2n) is 6.53. The van der Waals surface area contributed by atoms with Gasteiger partial charge in [0.2, 0.25) is 0 Å². The third kappa shape index (κ3) is 4.57. The quantitative estimate of drug-likeness (QED) is 0.911. The molecule has 2 heterocycles. The number of nitrogens with one attached hydrogen (secondary N) is 1. The molecule has 1 saturated heterocycles. The van der Waals surface area contributed by atoms with Crippen molar-refractivity contribution >= 4 is 11.6 Å². The van der Waals surface area contributed by atoms with Gasteiger partial charge < -0.3 is 15.1 Å². The minimum absolute atomic E-state index is 0.0717. The molecule has 0 bridgehead atoms. The fourth-order valence-electron chi connectivity index (χ4n) is 3.13. The summed E-state index contributed by atoms with van der Waals surface area (Å²) >= 11 is 0. The van der Waals surface area contributed by atoms with Crippen molar-refractivity contribution in [2.75, 3.05) is 38.0 Å². The minimum Gasteiger partial charge on any atom is -0.380 e. The van der Waals surface area contributed by atoms with Gasteiger partial charge in [-0.1, -0.05) is 36.8 Å². The molecule has 2 aromatic rings. The summed E-state index contributed by atoms with van der Waals surface area (Å²) in [7, 11) is 0. The standard InChI is InChI=1S/C20H26N4O/c1-3-23-7-9-24(10-8-23)20(25)18-12-19(15-21-14-18)22-13-17-6-4-5-16(2)11-17/h4-6,11-12,14-15,22H,3,7-10,13H2,1-2H3. The first kappa shape index (κ1) is 17.4. The van der Waals surface area contributed by atoms with E-state index in [9.17, 15) is 4.79 Å². The van der Waals surface area contributed by atoms with E-state index in [0.717, 1.165) is 45.0 Å². The highest BCUT2D eigenvalue weighted by molar-refractivity contribution is 5.94. The summed E-state index contributed by atoms with van der Waals surface area (Å²) in [5.41, 5.74) is 3.98. The fourth-order valence-corrected chi connectivity index (χ4v) is 3.13. The predicted molar refractivity (Wildman–Crippen MR) is 101 cm³/mol. The molecule has 5 nitrogen and oxygen atoms in total. The van der Waals surface area contributed by atoms with Crippen molar-refractivity contribution in [3.63, 3.8) is 0 Å². The highest BCUT2D eigenvalue weighted by atomic mass is 16.2. The van der Waals surface area contributed by atoms with E-state index in [4.69, 9.17) is 0 Å². The highest BCUT2D eigenvalue weighted by Gasteiger charge is 2.21. The van der Waals surface area contributed by atoms with E-state index in [1.54, 1.807) is 12.4 Å². The summed E-state index contributed by atoms with van der Waals surface area (Å²) < 4.78 is 0. The van der Waals surface area contributed by atoms with Crippen molar-refractivity contribution in [2.45, 2.75) is 20.4 Å². The zero-order valence-electron chi connectivity index (χ0n) is 15.0. The zero-order valence-corrected chi connectivity index (χ0v) is 15.0. The van der Waals surface area contributed by atoms with Crippen LogP contribution in [0.2, 0.25) is 0 Å². The van der Waals surface area contributed by atoms with E-state index in [0.29, 0.717) is 5.56 Å². The number of carbonyl (C=O) groups excluding carboxylic acids is 1. The van der Waals surface area contributed by atoms with Crippen LogP contribution in [0, 0.1) is 6.92 Å². The first-order valence-electron chi connectivity index (χ1n) is 8.92. The first-order valence-corrected chi connectivity index (χ1v) is 8.92. The SMILES string of the molecule is CCN1CCN(C(=O)c2cncc(NCc3cccc(C)c3)c2)CC1. The van der Waals surface area contributed by atoms with Crippen LogP contribution in [0.1, 0.15) is 28.4 Å². The largest absolute Gasteiger partial charge is 0.380 e. The van der Waals surface area contributed by atoms with Crippen LogP contribution in [0.3, 0.4) is 0 Å². The molecule has 3 rings (SSSR count). The number of piperazine rings is 1. The van der Waals surface area contributed by atoms with Crippen molar-refractivity contribution in [3.05, 3.63) is 59.4 Å². The monoisotopic (exact) mass is 338 g/mol. The molecule has 0 radical (unpaired) electrons. The van der Waals surface area contributed by atoms with E-state index >= 15 is 0 Å². The lowest BCUT2D eigenvalue weighted by Gasteiger charge is -2.34. The van der Waals surface area contributed by atoms with Crippen LogP contribution in [0.25, 0.3) is 0 Å². The summed E-state index contributed by atoms with van der Waals surface area (Å²) in [6.45, 7) is 9.47. The van der Waals surface area contributed by atoms with Crippen molar-refractivity contribution in [2.24, 2.45) is 0 Å². The molecule has 1 aromatic carbocycles. The van der Waals surface area contributed by atoms with Crippen LogP contribution in [0.4, 0.5) is 5.69 Å². The number of amides is 1. The third-order valence-electron chi connectivity index (χ3n) is 4.67. The molecular weight excluding hydrogens is 312 g/mol. The lowest BCUT2D eigenvalue weighted by Crippen LogP contribution is -2.48. The maximum absolute atomic E-state index is 12.7. The average Bonchev–Trinajstić information content (AvgIpc) is 2.66. The highest BCUT2D eigenvalue weighted by Crippen LogP contribution is 2.14. The van der Waals surface area contributed by atoms with E-state index in [1.807, 2.05) is 11.0 Å². The minimum atomic E-state index is 0.0717. The molecule has 0 atom stereocenters. The number of benzene rings is 1. The molecule has 0 spiro atoms. The van der Waals surface area contributed by atoms with Crippen LogP contribution < -0.4 is 5.32 Å². The molecule has 0 aliphatic carbocycles. The third-order valence-corrected chi connectivity index (χ3v) is 4.67. The van der Waals surface area contributed by atoms with Crippen LogP contribution in [0.5, 0.6) is 0 Å². The van der Waals surface area contributed by atoms with Crippen LogP contribution >= 0.6 is 0 Å². The molecule has 5 heteroatoms. The molecule has 1 aliphatic rings. The Morgan fingerprint density at radius 3 is 2.68 bits per heavy atom. The maximum Gasteiger partial charge on any atom is 0.255 e. The van der Waals surface area contributed by atoms with Gasteiger partial charge >= 0.3 is 0 Å². The van der Waals surface area contributed by atoms with E-state index < -0.39 is 0 Å². The number of rotatable bonds is 5. The summed E-state index contributed by atoms with van der Waals surface area (Å²) in [4.78, 5) is 21.2. The van der Waals surface area contributed by atoms with Gasteiger partial charge in [0.1, 0.15) is 0 Å². The van der Waals surface area contributed by atoms with Gasteiger partial charge in [-0.25, -0.2) is 0 Å². The number of likely N-dealkylation sites (N-methyl/N-ethyl adjacent to an activating group) is 1. The Bertz CT molecular complexity index is 723. The fraction of sp³-hybridized carbons (Fsp3) is 0.400. The molecular formula is C20H26N4O. The average molecular weight is 338 g/mol. The van der Waals surface area contributed by atoms with Crippen LogP contribution in [-0.4, -0.2) is 53.4 Å². The molecule has 1 aromatic heterocycles. The normalized spacial score (nSPS) is 15.2. The van der Waals surface area contributed by atoms with Gasteiger partial charge in [-0.2, -0.15) is 0 Å². The number of pyridine rings is 1. The second kappa shape index (κ2) is 8.12. The Balaban J connectivity index is 1.62. The zero-order chi connectivity index (χ0) is 17.6. The Kier molecular flexibility index (Phi) is 5.66. The van der Waals surface area contributed by atoms with E-state index in [2.05, 4.69) is 53.3 Å². The number of anilines is 1. The maximum atomic E-state index is 12.7. The Morgan fingerprint density at radius 2 is 1.96 bits per heavy atom. The van der Waals surface area contributed by atoms with Gasteiger partial charge in [0.25, 0.3) is 5.91 Å². The van der Waals surface area contributed by atoms with Crippen molar-refractivity contribution in [3.8, 4) is 0 Å². The Morgan fingerprint density at radius 1 is 1.16 bits per heavy atom. The molecule has 1 amide bonds. The number of hydrogen-bond donors (Lipinski definition) is 1. The molecule has 0 saturated carbocycles. The van der Waals surface area contributed by atoms with Crippen molar-refractivity contribution < 1.29 is 4.79 Å². The second-order valence-corrected chi connectivity index (χ2v) is 6.53. The van der Waals surface area contributed by atoms with Gasteiger partial charge in [-0.15, -0.1) is 0 Å². The lowest BCUT2D eigenvalue weighted by molar-refractivity contribution is 0.0643. The molecule has 132 valence electrons. The number of nitrogens with zero attached hydrogens (tertiary/aromatic N) is 3. The van der Waals surface area contributed by atoms with Gasteiger partial charge in [0.15, 0.2) is 0 Å². The van der Waals surface area contributed by atoms with E-state index in [-0.39, 0.29) is 5.91 Å². The van der Waals surface area contributed by atoms with E-state index in [1.165, 1.54) is 11.1 Å². The smallest absolute Gasteiger partial charge is 0.255 e. The van der Waals surface area contributed by atoms with Crippen molar-refractivity contribution in [1.29, 1.82) is 0 Å². The van der Waals surface area contributed by atoms with Gasteiger partial charge in [0.05, 0.1) is 11.3 Å². The summed E-state index contributed by atoms with van der Waals surface area (Å²) in [6, 6.07) is 10.3. The number of hydrogen-bond acceptors (Lipinski definition) is 4. The van der Waals surface area contributed by atoms with Gasteiger partial charge in [-0.05, 0) is 25.1 Å². The van der Waals surface area contributed by atoms with Gasteiger partial charge in [0, 0.05) is 45.1 Å². The number of carbonyl (C=O) groups is 1. The van der Waals surface area contributed by atoms with Crippen molar-refractivity contribution in [1.82, 2.24) is 14.8 Å². The lowest BCUT2D eigenvalue weighted by atomic mass is 10.1. The molecule has 0 unspecified atom stereocenters. The Labute approximate surface area is 149 Å². The molecule has 1 aliphatic heterocycles. The summed E-state index contributed by atoms with van der Waals surface area (Å²) in [6.07, 6.45) is 3.42. The predicted octanol–water partition coefficient (Wildman–Crippen LogP) is 2.78. The van der Waals surface area contributed by atoms with Crippen LogP contribution in [0.15, 0.2) is 42.7 Å². The molecule has 1 N–H and O–H groups in total. The summed E-state index contributed by atoms with van der Waals surface area (Å²) in [5.74, 6) is 0.0717. The number of aryl methyl sites for hydroxylation is 1. The molecule has 1 fully saturated rings. The van der Waals surface area contributed by atoms with Gasteiger partial charge in [-0.3, -0.25) is 9.78 Å². The van der Waals surface area contributed by atoms with Crippen LogP contribution in [-0.2, 0) is 6.54 Å². The first-order chi connectivity index (χ1) is 12.2. The summed E-state index contributed by atoms with van der Waals surface area (Å²) in [5, 5.41) is 3.36.